The van der Waals surface area contributed by atoms with E-state index >= 15 is 0 Å². The van der Waals surface area contributed by atoms with Crippen LogP contribution < -0.4 is 5.32 Å². The van der Waals surface area contributed by atoms with Gasteiger partial charge < -0.3 is 10.4 Å². The molecule has 1 aliphatic rings. The van der Waals surface area contributed by atoms with Crippen molar-refractivity contribution >= 4 is 0 Å². The molecule has 1 fully saturated rings. The highest BCUT2D eigenvalue weighted by molar-refractivity contribution is 5.26. The molecular formula is C11H15NO. The van der Waals surface area contributed by atoms with E-state index in [1.54, 1.807) is 0 Å². The Morgan fingerprint density at radius 1 is 1.38 bits per heavy atom. The molecule has 70 valence electrons. The molecule has 0 amide bonds. The zero-order valence-corrected chi connectivity index (χ0v) is 7.77. The maximum absolute atomic E-state index is 8.97. The maximum Gasteiger partial charge on any atom is 0.0482 e. The molecule has 1 aliphatic heterocycles. The first-order valence-corrected chi connectivity index (χ1v) is 4.75. The number of rotatable bonds is 3. The van der Waals surface area contributed by atoms with Crippen LogP contribution in [0.15, 0.2) is 30.3 Å². The van der Waals surface area contributed by atoms with Gasteiger partial charge in [0.25, 0.3) is 0 Å². The zero-order chi connectivity index (χ0) is 9.26. The SMILES string of the molecule is CC(CO)[C@@H]1N[C@@H]1c1ccccc1. The molecule has 2 rings (SSSR count). The first-order chi connectivity index (χ1) is 6.33. The van der Waals surface area contributed by atoms with E-state index in [0.717, 1.165) is 0 Å². The Bertz CT molecular complexity index is 273. The van der Waals surface area contributed by atoms with Crippen LogP contribution in [-0.2, 0) is 0 Å². The van der Waals surface area contributed by atoms with Gasteiger partial charge in [-0.05, 0) is 11.5 Å². The highest BCUT2D eigenvalue weighted by atomic mass is 16.3. The number of aliphatic hydroxyl groups excluding tert-OH is 1. The Labute approximate surface area is 78.6 Å². The summed E-state index contributed by atoms with van der Waals surface area (Å²) in [5.41, 5.74) is 1.33. The molecular weight excluding hydrogens is 162 g/mol. The van der Waals surface area contributed by atoms with Crippen LogP contribution in [0.25, 0.3) is 0 Å². The summed E-state index contributed by atoms with van der Waals surface area (Å²) in [5.74, 6) is 0.352. The number of nitrogens with one attached hydrogen (secondary N) is 1. The van der Waals surface area contributed by atoms with Crippen molar-refractivity contribution in [2.45, 2.75) is 19.0 Å². The smallest absolute Gasteiger partial charge is 0.0482 e. The van der Waals surface area contributed by atoms with Crippen molar-refractivity contribution < 1.29 is 5.11 Å². The van der Waals surface area contributed by atoms with Gasteiger partial charge in [-0.2, -0.15) is 0 Å². The molecule has 1 unspecified atom stereocenters. The summed E-state index contributed by atoms with van der Waals surface area (Å²) in [6, 6.07) is 11.3. The fourth-order valence-electron chi connectivity index (χ4n) is 1.72. The second-order valence-corrected chi connectivity index (χ2v) is 3.74. The highest BCUT2D eigenvalue weighted by Crippen LogP contribution is 2.34. The fraction of sp³-hybridized carbons (Fsp3) is 0.455. The largest absolute Gasteiger partial charge is 0.396 e. The van der Waals surface area contributed by atoms with Gasteiger partial charge in [0.05, 0.1) is 0 Å². The summed E-state index contributed by atoms with van der Waals surface area (Å²) < 4.78 is 0. The lowest BCUT2D eigenvalue weighted by molar-refractivity contribution is 0.234. The lowest BCUT2D eigenvalue weighted by atomic mass is 10.0. The predicted octanol–water partition coefficient (Wildman–Crippen LogP) is 1.33. The minimum absolute atomic E-state index is 0.265. The van der Waals surface area contributed by atoms with Gasteiger partial charge >= 0.3 is 0 Å². The van der Waals surface area contributed by atoms with E-state index in [9.17, 15) is 0 Å². The molecule has 1 saturated heterocycles. The zero-order valence-electron chi connectivity index (χ0n) is 7.77. The van der Waals surface area contributed by atoms with Crippen LogP contribution >= 0.6 is 0 Å². The average Bonchev–Trinajstić information content (AvgIpc) is 2.98. The average molecular weight is 177 g/mol. The van der Waals surface area contributed by atoms with E-state index in [0.29, 0.717) is 18.0 Å². The number of hydrogen-bond donors (Lipinski definition) is 2. The lowest BCUT2D eigenvalue weighted by Crippen LogP contribution is -2.10. The quantitative estimate of drug-likeness (QED) is 0.684. The normalized spacial score (nSPS) is 28.5. The monoisotopic (exact) mass is 177 g/mol. The molecule has 1 aromatic carbocycles. The standard InChI is InChI=1S/C11H15NO/c1-8(7-13)10-11(12-10)9-5-3-2-4-6-9/h2-6,8,10-13H,7H2,1H3/t8?,10-,11+/m0/s1. The number of hydrogen-bond acceptors (Lipinski definition) is 2. The Morgan fingerprint density at radius 3 is 2.69 bits per heavy atom. The van der Waals surface area contributed by atoms with Crippen molar-refractivity contribution in [1.82, 2.24) is 5.32 Å². The van der Waals surface area contributed by atoms with E-state index in [-0.39, 0.29) is 6.61 Å². The number of benzene rings is 1. The summed E-state index contributed by atoms with van der Waals surface area (Å²) >= 11 is 0. The van der Waals surface area contributed by atoms with E-state index in [1.165, 1.54) is 5.56 Å². The molecule has 3 atom stereocenters. The lowest BCUT2D eigenvalue weighted by Gasteiger charge is -2.03. The second kappa shape index (κ2) is 3.48. The van der Waals surface area contributed by atoms with Crippen LogP contribution in [0.2, 0.25) is 0 Å². The fourth-order valence-corrected chi connectivity index (χ4v) is 1.72. The van der Waals surface area contributed by atoms with E-state index in [4.69, 9.17) is 5.11 Å². The van der Waals surface area contributed by atoms with E-state index in [1.807, 2.05) is 6.07 Å². The molecule has 2 nitrogen and oxygen atoms in total. The molecule has 2 N–H and O–H groups in total. The Hall–Kier alpha value is -0.860. The molecule has 13 heavy (non-hydrogen) atoms. The Balaban J connectivity index is 2.00. The molecule has 0 radical (unpaired) electrons. The van der Waals surface area contributed by atoms with Crippen LogP contribution in [0.1, 0.15) is 18.5 Å². The Kier molecular flexibility index (Phi) is 2.34. The summed E-state index contributed by atoms with van der Waals surface area (Å²) in [7, 11) is 0. The van der Waals surface area contributed by atoms with Crippen molar-refractivity contribution in [3.05, 3.63) is 35.9 Å². The molecule has 1 aromatic rings. The third-order valence-electron chi connectivity index (χ3n) is 2.68. The van der Waals surface area contributed by atoms with Crippen molar-refractivity contribution in [2.75, 3.05) is 6.61 Å². The van der Waals surface area contributed by atoms with Gasteiger partial charge in [-0.25, -0.2) is 0 Å². The van der Waals surface area contributed by atoms with Gasteiger partial charge in [-0.3, -0.25) is 0 Å². The van der Waals surface area contributed by atoms with Gasteiger partial charge in [0.1, 0.15) is 0 Å². The van der Waals surface area contributed by atoms with E-state index < -0.39 is 0 Å². The Morgan fingerprint density at radius 2 is 2.08 bits per heavy atom. The van der Waals surface area contributed by atoms with Crippen molar-refractivity contribution in [1.29, 1.82) is 0 Å². The summed E-state index contributed by atoms with van der Waals surface area (Å²) in [6.07, 6.45) is 0. The first-order valence-electron chi connectivity index (χ1n) is 4.75. The summed E-state index contributed by atoms with van der Waals surface area (Å²) in [5, 5.41) is 12.3. The molecule has 2 heteroatoms. The summed E-state index contributed by atoms with van der Waals surface area (Å²) in [6.45, 7) is 2.33. The van der Waals surface area contributed by atoms with Crippen LogP contribution in [0.5, 0.6) is 0 Å². The predicted molar refractivity (Wildman–Crippen MR) is 52.4 cm³/mol. The third kappa shape index (κ3) is 1.74. The molecule has 0 spiro atoms. The van der Waals surface area contributed by atoms with Crippen molar-refractivity contribution in [3.63, 3.8) is 0 Å². The van der Waals surface area contributed by atoms with Crippen LogP contribution in [-0.4, -0.2) is 17.8 Å². The minimum Gasteiger partial charge on any atom is -0.396 e. The molecule has 0 aliphatic carbocycles. The molecule has 0 bridgehead atoms. The highest BCUT2D eigenvalue weighted by Gasteiger charge is 2.40. The maximum atomic E-state index is 8.97. The van der Waals surface area contributed by atoms with Crippen LogP contribution in [0, 0.1) is 5.92 Å². The third-order valence-corrected chi connectivity index (χ3v) is 2.68. The molecule has 0 saturated carbocycles. The van der Waals surface area contributed by atoms with Gasteiger partial charge in [-0.15, -0.1) is 0 Å². The minimum atomic E-state index is 0.265. The molecule has 1 heterocycles. The van der Waals surface area contributed by atoms with E-state index in [2.05, 4.69) is 36.5 Å². The first kappa shape index (κ1) is 8.73. The topological polar surface area (TPSA) is 42.2 Å². The second-order valence-electron chi connectivity index (χ2n) is 3.74. The molecule has 0 aromatic heterocycles. The number of aliphatic hydroxyl groups is 1. The summed E-state index contributed by atoms with van der Waals surface area (Å²) in [4.78, 5) is 0. The van der Waals surface area contributed by atoms with Gasteiger partial charge in [0.2, 0.25) is 0 Å². The van der Waals surface area contributed by atoms with Gasteiger partial charge in [-0.1, -0.05) is 37.3 Å². The van der Waals surface area contributed by atoms with Crippen molar-refractivity contribution in [3.8, 4) is 0 Å². The van der Waals surface area contributed by atoms with Crippen LogP contribution in [0.4, 0.5) is 0 Å². The van der Waals surface area contributed by atoms with Gasteiger partial charge in [0, 0.05) is 18.7 Å². The van der Waals surface area contributed by atoms with Crippen LogP contribution in [0.3, 0.4) is 0 Å². The van der Waals surface area contributed by atoms with Crippen molar-refractivity contribution in [2.24, 2.45) is 5.92 Å². The van der Waals surface area contributed by atoms with Gasteiger partial charge in [0.15, 0.2) is 0 Å².